The number of Topliss-reactive ketones (excluding diaryl/α,β-unsaturated/α-hetero) is 1. The molecule has 1 amide bonds. The fourth-order valence-electron chi connectivity index (χ4n) is 23.2. The largest absolute Gasteiger partial charge is 0.507 e. The number of phenols is 6. The molecule has 15 aliphatic rings. The first-order valence-corrected chi connectivity index (χ1v) is 46.6. The standard InChI is InChI=1S/C35H43N3O12.C32H35NO13.C31H33NO13/c1-16-31-19(38-11-12-47-33(46-5)32(38)50-31)13-22(48-16)49-21-15-35(44,34(43)36-9-10-37(2)3)14-18-24(21)30(42)26-25(28(18)40)27(39)17-7-6-8-20(45-4)23(17)29(26)41;1-13-29-16(33-7-8-43-31(42-3)30(33)46-29)9-20(44-13)45-18-11-32(40,19(35)12-34)10-15-22(18)28(39)24-23(26(15)37)25(36)14-5-4-6-17(41-2)21(14)27(24)38;1-12-27-15(32-7-8-42-29(41-3)28(32)45-27)9-18(43-12)44-17-11-31(39,30(37)38)10-14-20(17)26(36)22-21(24(14)34)23(33)13-5-4-6-16(40-2)19(13)25(22)35/h6-8,16,19,21-22,31-33,40,42,44H,9-15H2,1-5H3,(H,36,43);4-6,13,16,18,20,29-31,34,37,39-40H,7-12H2,1-3H3;4-6,12,15,17-18,27-29,34,36,39H,7-11H2,1-3H3,(H,37,38)/t16-,19+,21-,22+,31+,32+,33-,35-;13-,16+,18-,20+,29+,30+,31-,32-;12-,15+,17-,18+,27+,28+,29-,31-/m000/s1. The van der Waals surface area contributed by atoms with Crippen molar-refractivity contribution in [3.63, 3.8) is 0 Å². The number of aromatic hydroxyl groups is 6. The topological polar surface area (TPSA) is 567 Å². The number of phenolic OH excluding ortho intramolecular Hbond substituents is 6. The van der Waals surface area contributed by atoms with Crippen molar-refractivity contribution in [2.45, 2.75) is 225 Å². The molecule has 21 rings (SSSR count). The first kappa shape index (κ1) is 99.0. The number of nitrogens with one attached hydrogen (secondary N) is 1. The van der Waals surface area contributed by atoms with Crippen LogP contribution in [0.1, 0.15) is 207 Å². The zero-order chi connectivity index (χ0) is 100. The van der Waals surface area contributed by atoms with Gasteiger partial charge in [0.15, 0.2) is 85.2 Å². The number of methoxy groups -OCH3 is 6. The van der Waals surface area contributed by atoms with Crippen molar-refractivity contribution in [1.82, 2.24) is 24.9 Å². The van der Waals surface area contributed by atoms with Crippen LogP contribution in [0.15, 0.2) is 54.6 Å². The molecule has 141 heavy (non-hydrogen) atoms. The van der Waals surface area contributed by atoms with Crippen LogP contribution >= 0.6 is 0 Å². The van der Waals surface area contributed by atoms with Gasteiger partial charge < -0.3 is 152 Å². The summed E-state index contributed by atoms with van der Waals surface area (Å²) in [5, 5.41) is 127. The summed E-state index contributed by atoms with van der Waals surface area (Å²) in [6, 6.07) is 12.8. The summed E-state index contributed by atoms with van der Waals surface area (Å²) in [5.41, 5.74) is -10.3. The molecule has 43 nitrogen and oxygen atoms in total. The number of nitrogens with zero attached hydrogens (tertiary/aromatic N) is 4. The van der Waals surface area contributed by atoms with Crippen LogP contribution < -0.4 is 19.5 Å². The van der Waals surface area contributed by atoms with E-state index in [9.17, 15) is 99.3 Å². The van der Waals surface area contributed by atoms with Crippen molar-refractivity contribution in [2.24, 2.45) is 0 Å². The molecular weight excluding hydrogens is 1860 g/mol. The molecule has 9 aliphatic heterocycles. The molecule has 9 fully saturated rings. The molecule has 43 heteroatoms. The lowest BCUT2D eigenvalue weighted by molar-refractivity contribution is -0.256. The number of carbonyl (C=O) groups excluding carboxylic acids is 8. The monoisotopic (exact) mass is 1970 g/mol. The molecule has 756 valence electrons. The molecule has 0 unspecified atom stereocenters. The maximum Gasteiger partial charge on any atom is 0.336 e. The van der Waals surface area contributed by atoms with E-state index in [1.165, 1.54) is 84.1 Å². The second-order valence-corrected chi connectivity index (χ2v) is 38.0. The number of morpholine rings is 3. The molecule has 6 aromatic carbocycles. The third-order valence-corrected chi connectivity index (χ3v) is 29.9. The van der Waals surface area contributed by atoms with Gasteiger partial charge in [0.05, 0.1) is 128 Å². The smallest absolute Gasteiger partial charge is 0.336 e. The van der Waals surface area contributed by atoms with Crippen molar-refractivity contribution >= 4 is 52.4 Å². The van der Waals surface area contributed by atoms with E-state index < -0.39 is 269 Å². The summed E-state index contributed by atoms with van der Waals surface area (Å²) in [4.78, 5) is 130. The van der Waals surface area contributed by atoms with E-state index in [1.54, 1.807) is 13.2 Å². The number of carboxylic acids is 1. The first-order chi connectivity index (χ1) is 67.4. The second kappa shape index (κ2) is 38.1. The average Bonchev–Trinajstić information content (AvgIpc) is 1.70. The summed E-state index contributed by atoms with van der Waals surface area (Å²) < 4.78 is 106. The van der Waals surface area contributed by atoms with Gasteiger partial charge in [0.1, 0.15) is 87.9 Å². The molecule has 6 aliphatic carbocycles. The normalized spacial score (nSPS) is 33.0. The fraction of sp³-hybridized carbons (Fsp3) is 0.541. The number of aliphatic hydroxyl groups excluding tert-OH is 1. The molecule has 0 bridgehead atoms. The van der Waals surface area contributed by atoms with Gasteiger partial charge in [-0.15, -0.1) is 0 Å². The molecule has 12 N–H and O–H groups in total. The molecule has 0 spiro atoms. The summed E-state index contributed by atoms with van der Waals surface area (Å²) in [6.07, 6.45) is -14.3. The Kier molecular flexibility index (Phi) is 26.7. The van der Waals surface area contributed by atoms with Crippen LogP contribution in [-0.4, -0.2) is 372 Å². The van der Waals surface area contributed by atoms with Gasteiger partial charge in [-0.05, 0) is 53.1 Å². The quantitative estimate of drug-likeness (QED) is 0.0518. The Labute approximate surface area is 805 Å². The number of carboxylic acid groups (broad SMARTS) is 1. The van der Waals surface area contributed by atoms with Crippen molar-refractivity contribution in [3.05, 3.63) is 155 Å². The van der Waals surface area contributed by atoms with E-state index in [0.717, 1.165) is 0 Å². The highest BCUT2D eigenvalue weighted by molar-refractivity contribution is 6.33. The summed E-state index contributed by atoms with van der Waals surface area (Å²) >= 11 is 0. The molecule has 9 saturated heterocycles. The van der Waals surface area contributed by atoms with Crippen molar-refractivity contribution in [2.75, 3.05) is 116 Å². The molecule has 0 saturated carbocycles. The Morgan fingerprint density at radius 2 is 0.730 bits per heavy atom. The van der Waals surface area contributed by atoms with Gasteiger partial charge in [0.2, 0.25) is 17.3 Å². The number of likely N-dealkylation sites (N-methyl/N-ethyl adjacent to an activating group) is 1. The number of hydrogen-bond acceptors (Lipinski definition) is 41. The number of aliphatic carboxylic acids is 1. The summed E-state index contributed by atoms with van der Waals surface area (Å²) in [5.74, 6) is -11.2. The molecule has 0 aromatic heterocycles. The zero-order valence-corrected chi connectivity index (χ0v) is 78.8. The van der Waals surface area contributed by atoms with Gasteiger partial charge in [-0.1, -0.05) is 36.4 Å². The van der Waals surface area contributed by atoms with Crippen LogP contribution in [0.3, 0.4) is 0 Å². The number of rotatable bonds is 19. The Morgan fingerprint density at radius 3 is 1.04 bits per heavy atom. The van der Waals surface area contributed by atoms with Gasteiger partial charge in [0, 0.05) is 180 Å². The molecule has 9 heterocycles. The number of ether oxygens (including phenoxy) is 18. The van der Waals surface area contributed by atoms with Crippen LogP contribution in [0, 0.1) is 0 Å². The molecular formula is C98H111N5O38. The van der Waals surface area contributed by atoms with Crippen molar-refractivity contribution in [1.29, 1.82) is 0 Å². The number of fused-ring (bicyclic) bond motifs is 18. The number of carbonyl (C=O) groups is 9. The van der Waals surface area contributed by atoms with Gasteiger partial charge >= 0.3 is 5.97 Å². The van der Waals surface area contributed by atoms with E-state index in [-0.39, 0.29) is 140 Å². The van der Waals surface area contributed by atoms with Gasteiger partial charge in [-0.25, -0.2) is 4.79 Å². The van der Waals surface area contributed by atoms with Gasteiger partial charge in [-0.3, -0.25) is 53.1 Å². The fourth-order valence-corrected chi connectivity index (χ4v) is 23.2. The lowest BCUT2D eigenvalue weighted by Crippen LogP contribution is -2.55. The number of benzene rings is 6. The van der Waals surface area contributed by atoms with Crippen LogP contribution in [0.4, 0.5) is 0 Å². The third kappa shape index (κ3) is 16.4. The van der Waals surface area contributed by atoms with Gasteiger partial charge in [-0.2, -0.15) is 0 Å². The highest BCUT2D eigenvalue weighted by Gasteiger charge is 2.62. The number of hydrogen-bond donors (Lipinski definition) is 12. The Bertz CT molecular complexity index is 6090. The van der Waals surface area contributed by atoms with Crippen LogP contribution in [-0.2, 0) is 105 Å². The Hall–Kier alpha value is -10.8. The summed E-state index contributed by atoms with van der Waals surface area (Å²) in [7, 11) is 12.4. The third-order valence-electron chi connectivity index (χ3n) is 29.9. The van der Waals surface area contributed by atoms with E-state index in [1.807, 2.05) is 39.8 Å². The minimum atomic E-state index is -2.43. The number of aliphatic hydroxyl groups is 4. The summed E-state index contributed by atoms with van der Waals surface area (Å²) in [6.45, 7) is 8.23. The maximum absolute atomic E-state index is 14.0. The number of ketones is 7. The van der Waals surface area contributed by atoms with Crippen LogP contribution in [0.2, 0.25) is 0 Å². The Morgan fingerprint density at radius 1 is 0.426 bits per heavy atom. The predicted octanol–water partition coefficient (Wildman–Crippen LogP) is 2.77. The SMILES string of the molecule is COc1cccc2c1C(=O)c1c(O)c3c(c(O)c1C2=O)C[C@@](O)(C(=O)CO)C[C@@H]3O[C@@H]1C[C@@H]2[C@H](O[C@@H]3[C@@H](OC)OCCN23)[C@H](C)O1.COc1cccc2c1C(=O)c1c(O)c3c(c(O)c1C2=O)C[C@@](O)(C(=O)NCCN(C)C)C[C@@H]3O[C@@H]1C[C@@H]2[C@H](O[C@@H]3[C@@H](OC)OCCN23)[C@H](C)O1.COc1cccc2c1C(=O)c1c(O)c3c(c(O)c1C2=O)C[C@@](O)(C(=O)O)C[C@@H]3O[C@@H]1C[C@@H]2[C@H](O[C@@H]3[C@@H](OC)OCCN23)[C@H](C)O1. The second-order valence-electron chi connectivity index (χ2n) is 38.0. The van der Waals surface area contributed by atoms with E-state index in [4.69, 9.17) is 85.3 Å². The highest BCUT2D eigenvalue weighted by atomic mass is 16.8. The predicted molar refractivity (Wildman–Crippen MR) is 476 cm³/mol. The average molecular weight is 1970 g/mol. The first-order valence-electron chi connectivity index (χ1n) is 46.6. The van der Waals surface area contributed by atoms with Crippen molar-refractivity contribution < 1.29 is 185 Å². The number of amides is 1. The maximum atomic E-state index is 14.0. The van der Waals surface area contributed by atoms with Gasteiger partial charge in [0.25, 0.3) is 5.91 Å². The molecule has 6 aromatic rings. The van der Waals surface area contributed by atoms with E-state index in [0.29, 0.717) is 58.8 Å². The van der Waals surface area contributed by atoms with Crippen molar-refractivity contribution in [3.8, 4) is 51.7 Å². The lowest BCUT2D eigenvalue weighted by Gasteiger charge is -2.43. The minimum Gasteiger partial charge on any atom is -0.507 e. The minimum absolute atomic E-state index is 0.00346. The lowest BCUT2D eigenvalue weighted by atomic mass is 9.72. The Balaban J connectivity index is 0.000000135. The van der Waals surface area contributed by atoms with E-state index >= 15 is 0 Å². The zero-order valence-electron chi connectivity index (χ0n) is 78.8. The highest BCUT2D eigenvalue weighted by Crippen LogP contribution is 2.59. The van der Waals surface area contributed by atoms with E-state index in [2.05, 4.69) is 20.0 Å². The van der Waals surface area contributed by atoms with Crippen LogP contribution in [0.25, 0.3) is 0 Å². The molecule has 0 radical (unpaired) electrons. The molecule has 24 atom stereocenters. The van der Waals surface area contributed by atoms with Crippen LogP contribution in [0.5, 0.6) is 51.7 Å².